The average molecular weight is 683 g/mol. The lowest BCUT2D eigenvalue weighted by atomic mass is 9.73. The highest BCUT2D eigenvalue weighted by molar-refractivity contribution is 7.99. The van der Waals surface area contributed by atoms with Crippen molar-refractivity contribution in [3.8, 4) is 0 Å². The predicted molar refractivity (Wildman–Crippen MR) is 184 cm³/mol. The molecule has 0 bridgehead atoms. The van der Waals surface area contributed by atoms with Gasteiger partial charge in [0, 0.05) is 48.2 Å². The van der Waals surface area contributed by atoms with Crippen LogP contribution in [-0.2, 0) is 4.79 Å². The number of pyridine rings is 1. The third kappa shape index (κ3) is 6.74. The molecule has 1 aromatic carbocycles. The zero-order valence-electron chi connectivity index (χ0n) is 25.2. The molecule has 1 spiro atoms. The van der Waals surface area contributed by atoms with E-state index in [2.05, 4.69) is 59.8 Å². The lowest BCUT2D eigenvalue weighted by Crippen LogP contribution is -2.48. The standard InChI is InChI=1S/C31H34Cl2N9OPS/c1-18-21(43)14-31(27(18)34)9-12-42(13-10-31)24-16-37-25(17-36-24)45-23-8-11-35-29(26(23)33)41-30-38-15-19(32)28(40-30)39-20-6-4-5-7-22(20)44(2)3/h4-8,11,15-18,27H,9-10,12-14,34H2,1-3H3,(H2,35,38,39,40,41)/t18-,27+/m1/s1. The molecule has 4 N–H and O–H groups in total. The van der Waals surface area contributed by atoms with E-state index in [1.54, 1.807) is 18.6 Å². The van der Waals surface area contributed by atoms with E-state index < -0.39 is 0 Å². The van der Waals surface area contributed by atoms with Gasteiger partial charge in [0.05, 0.1) is 23.6 Å². The van der Waals surface area contributed by atoms with Crippen LogP contribution in [0.5, 0.6) is 0 Å². The van der Waals surface area contributed by atoms with Crippen molar-refractivity contribution in [3.63, 3.8) is 0 Å². The van der Waals surface area contributed by atoms with Gasteiger partial charge in [-0.25, -0.2) is 19.9 Å². The number of nitrogens with one attached hydrogen (secondary N) is 2. The van der Waals surface area contributed by atoms with E-state index >= 15 is 0 Å². The Kier molecular flexibility index (Phi) is 9.45. The van der Waals surface area contributed by atoms with E-state index in [9.17, 15) is 4.79 Å². The maximum absolute atomic E-state index is 12.3. The summed E-state index contributed by atoms with van der Waals surface area (Å²) in [5.74, 6) is 2.23. The highest BCUT2D eigenvalue weighted by Gasteiger charge is 2.50. The molecule has 0 radical (unpaired) electrons. The van der Waals surface area contributed by atoms with E-state index in [0.717, 1.165) is 42.3 Å². The molecule has 2 fully saturated rings. The molecule has 234 valence electrons. The molecule has 1 aliphatic carbocycles. The number of halogens is 2. The highest BCUT2D eigenvalue weighted by Crippen LogP contribution is 2.46. The van der Waals surface area contributed by atoms with Crippen LogP contribution in [0.3, 0.4) is 0 Å². The quantitative estimate of drug-likeness (QED) is 0.176. The fourth-order valence-electron chi connectivity index (χ4n) is 6.00. The number of hydrogen-bond donors (Lipinski definition) is 3. The first-order chi connectivity index (χ1) is 21.6. The fraction of sp³-hybridized carbons (Fsp3) is 0.355. The number of carbonyl (C=O) groups is 1. The summed E-state index contributed by atoms with van der Waals surface area (Å²) in [6.07, 6.45) is 9.08. The Balaban J connectivity index is 1.11. The molecular formula is C31H34Cl2N9OPS. The lowest BCUT2D eigenvalue weighted by Gasteiger charge is -2.42. The zero-order chi connectivity index (χ0) is 31.7. The minimum absolute atomic E-state index is 0.0603. The molecule has 45 heavy (non-hydrogen) atoms. The van der Waals surface area contributed by atoms with Gasteiger partial charge >= 0.3 is 0 Å². The minimum Gasteiger partial charge on any atom is -0.355 e. The maximum atomic E-state index is 12.3. The van der Waals surface area contributed by atoms with Crippen molar-refractivity contribution in [2.75, 3.05) is 42.0 Å². The van der Waals surface area contributed by atoms with Crippen molar-refractivity contribution < 1.29 is 4.79 Å². The van der Waals surface area contributed by atoms with Gasteiger partial charge in [0.1, 0.15) is 21.6 Å². The van der Waals surface area contributed by atoms with Gasteiger partial charge in [0.25, 0.3) is 0 Å². The maximum Gasteiger partial charge on any atom is 0.230 e. The molecule has 2 aliphatic rings. The van der Waals surface area contributed by atoms with Gasteiger partial charge in [-0.2, -0.15) is 4.98 Å². The number of anilines is 5. The number of Topliss-reactive ketones (excluding diaryl/α,β-unsaturated/α-hetero) is 1. The minimum atomic E-state index is -0.333. The number of nitrogens with zero attached hydrogens (tertiary/aromatic N) is 6. The van der Waals surface area contributed by atoms with Crippen LogP contribution in [0.25, 0.3) is 0 Å². The molecule has 2 atom stereocenters. The summed E-state index contributed by atoms with van der Waals surface area (Å²) in [6.45, 7) is 7.96. The second kappa shape index (κ2) is 13.3. The van der Waals surface area contributed by atoms with E-state index in [4.69, 9.17) is 28.9 Å². The topological polar surface area (TPSA) is 135 Å². The number of piperidine rings is 1. The van der Waals surface area contributed by atoms with Gasteiger partial charge < -0.3 is 21.3 Å². The summed E-state index contributed by atoms with van der Waals surface area (Å²) in [5, 5.41) is 9.19. The molecule has 0 amide bonds. The summed E-state index contributed by atoms with van der Waals surface area (Å²) in [4.78, 5) is 37.9. The molecule has 4 heterocycles. The van der Waals surface area contributed by atoms with Crippen LogP contribution in [0, 0.1) is 11.3 Å². The van der Waals surface area contributed by atoms with Crippen molar-refractivity contribution >= 4 is 83.1 Å². The van der Waals surface area contributed by atoms with Crippen LogP contribution in [0.4, 0.5) is 29.1 Å². The Morgan fingerprint density at radius 2 is 1.78 bits per heavy atom. The SMILES string of the molecule is C[C@@H]1C(=O)CC2(CCN(c3cnc(Sc4ccnc(Nc5ncc(Cl)c(Nc6ccccc6P(C)C)n5)c4Cl)cn3)CC2)[C@H]1N. The van der Waals surface area contributed by atoms with Crippen LogP contribution in [0.1, 0.15) is 26.2 Å². The number of ketones is 1. The van der Waals surface area contributed by atoms with Gasteiger partial charge in [-0.15, -0.1) is 0 Å². The molecule has 14 heteroatoms. The van der Waals surface area contributed by atoms with Crippen molar-refractivity contribution in [1.29, 1.82) is 0 Å². The number of nitrogens with two attached hydrogens (primary N) is 1. The third-order valence-corrected chi connectivity index (χ3v) is 11.8. The number of carbonyl (C=O) groups excluding carboxylic acids is 1. The van der Waals surface area contributed by atoms with Gasteiger partial charge in [0.15, 0.2) is 11.6 Å². The zero-order valence-corrected chi connectivity index (χ0v) is 28.4. The summed E-state index contributed by atoms with van der Waals surface area (Å²) in [6, 6.07) is 9.87. The van der Waals surface area contributed by atoms with Gasteiger partial charge in [-0.05, 0) is 49.0 Å². The van der Waals surface area contributed by atoms with Crippen molar-refractivity contribution in [2.45, 2.75) is 42.1 Å². The lowest BCUT2D eigenvalue weighted by molar-refractivity contribution is -0.120. The van der Waals surface area contributed by atoms with Crippen molar-refractivity contribution in [3.05, 3.63) is 65.2 Å². The van der Waals surface area contributed by atoms with E-state index in [0.29, 0.717) is 39.1 Å². The summed E-state index contributed by atoms with van der Waals surface area (Å²) >= 11 is 14.6. The molecule has 3 aromatic heterocycles. The van der Waals surface area contributed by atoms with Gasteiger partial charge in [-0.3, -0.25) is 4.79 Å². The Morgan fingerprint density at radius 3 is 2.47 bits per heavy atom. The third-order valence-electron chi connectivity index (χ3n) is 8.66. The second-order valence-corrected chi connectivity index (χ2v) is 15.8. The smallest absolute Gasteiger partial charge is 0.230 e. The Labute approximate surface area is 278 Å². The largest absolute Gasteiger partial charge is 0.355 e. The normalized spacial score (nSPS) is 19.4. The summed E-state index contributed by atoms with van der Waals surface area (Å²) < 4.78 is 0. The average Bonchev–Trinajstić information content (AvgIpc) is 3.24. The van der Waals surface area contributed by atoms with Gasteiger partial charge in [0.2, 0.25) is 5.95 Å². The number of aromatic nitrogens is 5. The number of rotatable bonds is 8. The van der Waals surface area contributed by atoms with Crippen LogP contribution >= 0.6 is 42.9 Å². The van der Waals surface area contributed by atoms with Crippen LogP contribution < -0.4 is 26.6 Å². The van der Waals surface area contributed by atoms with E-state index in [-0.39, 0.29) is 31.1 Å². The highest BCUT2D eigenvalue weighted by atomic mass is 35.5. The number of hydrogen-bond acceptors (Lipinski definition) is 11. The molecule has 6 rings (SSSR count). The van der Waals surface area contributed by atoms with E-state index in [1.165, 1.54) is 23.3 Å². The molecule has 10 nitrogen and oxygen atoms in total. The monoisotopic (exact) mass is 681 g/mol. The van der Waals surface area contributed by atoms with E-state index in [1.807, 2.05) is 31.2 Å². The second-order valence-electron chi connectivity index (χ2n) is 11.6. The molecular weight excluding hydrogens is 648 g/mol. The molecule has 4 aromatic rings. The molecule has 1 aliphatic heterocycles. The molecule has 0 unspecified atom stereocenters. The molecule has 1 saturated heterocycles. The predicted octanol–water partition coefficient (Wildman–Crippen LogP) is 6.50. The Hall–Kier alpha value is -3.08. The number of benzene rings is 1. The first-order valence-electron chi connectivity index (χ1n) is 14.6. The van der Waals surface area contributed by atoms with Crippen LogP contribution in [0.2, 0.25) is 10.0 Å². The first-order valence-corrected chi connectivity index (χ1v) is 18.4. The fourth-order valence-corrected chi connectivity index (χ4v) is 8.16. The van der Waals surface area contributed by atoms with Gasteiger partial charge in [-0.1, -0.05) is 68.0 Å². The van der Waals surface area contributed by atoms with Crippen molar-refractivity contribution in [1.82, 2.24) is 24.9 Å². The summed E-state index contributed by atoms with van der Waals surface area (Å²) in [7, 11) is -0.333. The van der Waals surface area contributed by atoms with Crippen LogP contribution in [-0.4, -0.2) is 63.2 Å². The van der Waals surface area contributed by atoms with Crippen LogP contribution in [0.15, 0.2) is 65.0 Å². The number of para-hydroxylation sites is 1. The Bertz CT molecular complexity index is 1700. The molecule has 1 saturated carbocycles. The first kappa shape index (κ1) is 31.9. The van der Waals surface area contributed by atoms with Crippen molar-refractivity contribution in [2.24, 2.45) is 17.1 Å². The Morgan fingerprint density at radius 1 is 1.00 bits per heavy atom. The summed E-state index contributed by atoms with van der Waals surface area (Å²) in [5.41, 5.74) is 7.34.